The van der Waals surface area contributed by atoms with E-state index < -0.39 is 10.0 Å². The molecule has 0 aliphatic carbocycles. The lowest BCUT2D eigenvalue weighted by Crippen LogP contribution is -2.39. The van der Waals surface area contributed by atoms with Crippen LogP contribution in [0, 0.1) is 13.8 Å². The molecule has 0 radical (unpaired) electrons. The highest BCUT2D eigenvalue weighted by Crippen LogP contribution is 2.29. The van der Waals surface area contributed by atoms with Crippen LogP contribution in [0.2, 0.25) is 0 Å². The van der Waals surface area contributed by atoms with Gasteiger partial charge in [-0.15, -0.1) is 0 Å². The maximum Gasteiger partial charge on any atom is 0.264 e. The van der Waals surface area contributed by atoms with E-state index in [0.717, 1.165) is 33.9 Å². The number of nitrogens with zero attached hydrogens (tertiary/aromatic N) is 2. The highest BCUT2D eigenvalue weighted by Gasteiger charge is 2.28. The number of amides is 1. The standard InChI is InChI=1S/C30H30N2O3S/c1-22-17-23(2)19-28(18-22)32(36(34,35)29-12-11-24-7-3-5-9-26(24)20-29)16-14-30(33)31-15-13-25-8-4-6-10-27(25)21-31/h3-12,17-20H,13-16,21H2,1-2H3. The molecule has 1 aliphatic rings. The molecule has 5 rings (SSSR count). The van der Waals surface area contributed by atoms with Gasteiger partial charge in [0.2, 0.25) is 5.91 Å². The number of sulfonamides is 1. The van der Waals surface area contributed by atoms with Crippen molar-refractivity contribution in [3.05, 3.63) is 107 Å². The first-order chi connectivity index (χ1) is 17.3. The van der Waals surface area contributed by atoms with Crippen molar-refractivity contribution in [1.29, 1.82) is 0 Å². The molecule has 0 unspecified atom stereocenters. The molecule has 0 spiro atoms. The number of carbonyl (C=O) groups is 1. The molecule has 1 aliphatic heterocycles. The van der Waals surface area contributed by atoms with E-state index in [4.69, 9.17) is 0 Å². The van der Waals surface area contributed by atoms with Gasteiger partial charge in [0.05, 0.1) is 10.6 Å². The lowest BCUT2D eigenvalue weighted by atomic mass is 10.00. The SMILES string of the molecule is Cc1cc(C)cc(N(CCC(=O)N2CCc3ccccc3C2)S(=O)(=O)c2ccc3ccccc3c2)c1. The predicted octanol–water partition coefficient (Wildman–Crippen LogP) is 5.63. The minimum absolute atomic E-state index is 0.0346. The zero-order valence-corrected chi connectivity index (χ0v) is 21.5. The summed E-state index contributed by atoms with van der Waals surface area (Å²) in [5.74, 6) is -0.0346. The van der Waals surface area contributed by atoms with Crippen molar-refractivity contribution < 1.29 is 13.2 Å². The highest BCUT2D eigenvalue weighted by molar-refractivity contribution is 7.92. The lowest BCUT2D eigenvalue weighted by molar-refractivity contribution is -0.131. The smallest absolute Gasteiger partial charge is 0.264 e. The average molecular weight is 499 g/mol. The number of aryl methyl sites for hydroxylation is 2. The molecule has 0 bridgehead atoms. The number of hydrogen-bond acceptors (Lipinski definition) is 3. The summed E-state index contributed by atoms with van der Waals surface area (Å²) in [6.45, 7) is 5.20. The Kier molecular flexibility index (Phi) is 6.54. The summed E-state index contributed by atoms with van der Waals surface area (Å²) in [6, 6.07) is 26.8. The van der Waals surface area contributed by atoms with Gasteiger partial charge in [-0.3, -0.25) is 9.10 Å². The van der Waals surface area contributed by atoms with Crippen LogP contribution in [-0.4, -0.2) is 32.3 Å². The van der Waals surface area contributed by atoms with Crippen molar-refractivity contribution in [1.82, 2.24) is 4.90 Å². The third-order valence-corrected chi connectivity index (χ3v) is 8.64. The summed E-state index contributed by atoms with van der Waals surface area (Å²) < 4.78 is 29.3. The number of fused-ring (bicyclic) bond motifs is 2. The molecule has 1 amide bonds. The second-order valence-electron chi connectivity index (χ2n) is 9.52. The van der Waals surface area contributed by atoms with Crippen LogP contribution in [0.5, 0.6) is 0 Å². The molecule has 6 heteroatoms. The minimum Gasteiger partial charge on any atom is -0.338 e. The third-order valence-electron chi connectivity index (χ3n) is 6.82. The van der Waals surface area contributed by atoms with Gasteiger partial charge >= 0.3 is 0 Å². The van der Waals surface area contributed by atoms with Gasteiger partial charge in [-0.05, 0) is 77.6 Å². The zero-order valence-electron chi connectivity index (χ0n) is 20.6. The molecular formula is C30H30N2O3S. The summed E-state index contributed by atoms with van der Waals surface area (Å²) in [4.78, 5) is 15.3. The largest absolute Gasteiger partial charge is 0.338 e. The van der Waals surface area contributed by atoms with Crippen molar-refractivity contribution in [3.63, 3.8) is 0 Å². The van der Waals surface area contributed by atoms with E-state index in [1.807, 2.05) is 79.4 Å². The van der Waals surface area contributed by atoms with E-state index >= 15 is 0 Å². The summed E-state index contributed by atoms with van der Waals surface area (Å²) in [6.07, 6.45) is 0.931. The normalized spacial score (nSPS) is 13.4. The quantitative estimate of drug-likeness (QED) is 0.346. The summed E-state index contributed by atoms with van der Waals surface area (Å²) in [7, 11) is -3.89. The number of hydrogen-bond donors (Lipinski definition) is 0. The molecule has 36 heavy (non-hydrogen) atoms. The molecular weight excluding hydrogens is 468 g/mol. The number of anilines is 1. The molecule has 1 heterocycles. The molecule has 4 aromatic rings. The molecule has 5 nitrogen and oxygen atoms in total. The second-order valence-corrected chi connectivity index (χ2v) is 11.4. The van der Waals surface area contributed by atoms with Crippen LogP contribution in [0.1, 0.15) is 28.7 Å². The fourth-order valence-corrected chi connectivity index (χ4v) is 6.49. The minimum atomic E-state index is -3.89. The van der Waals surface area contributed by atoms with Crippen molar-refractivity contribution in [3.8, 4) is 0 Å². The van der Waals surface area contributed by atoms with Crippen molar-refractivity contribution in [2.24, 2.45) is 0 Å². The van der Waals surface area contributed by atoms with Crippen molar-refractivity contribution in [2.45, 2.75) is 38.1 Å². The third kappa shape index (κ3) is 4.86. The van der Waals surface area contributed by atoms with Crippen LogP contribution in [0.3, 0.4) is 0 Å². The second kappa shape index (κ2) is 9.78. The van der Waals surface area contributed by atoms with E-state index in [-0.39, 0.29) is 23.8 Å². The van der Waals surface area contributed by atoms with E-state index in [1.54, 1.807) is 12.1 Å². The molecule has 0 atom stereocenters. The van der Waals surface area contributed by atoms with Gasteiger partial charge in [0, 0.05) is 26.1 Å². The summed E-state index contributed by atoms with van der Waals surface area (Å²) in [5, 5.41) is 1.84. The summed E-state index contributed by atoms with van der Waals surface area (Å²) in [5.41, 5.74) is 4.96. The van der Waals surface area contributed by atoms with Gasteiger partial charge in [0.25, 0.3) is 10.0 Å². The van der Waals surface area contributed by atoms with E-state index in [0.29, 0.717) is 18.8 Å². The van der Waals surface area contributed by atoms with Gasteiger partial charge in [-0.2, -0.15) is 0 Å². The fraction of sp³-hybridized carbons (Fsp3) is 0.233. The Morgan fingerprint density at radius 1 is 0.833 bits per heavy atom. The first-order valence-electron chi connectivity index (χ1n) is 12.3. The maximum absolute atomic E-state index is 14.0. The molecule has 184 valence electrons. The molecule has 0 fully saturated rings. The van der Waals surface area contributed by atoms with Crippen molar-refractivity contribution in [2.75, 3.05) is 17.4 Å². The number of carbonyl (C=O) groups excluding carboxylic acids is 1. The molecule has 0 saturated heterocycles. The van der Waals surface area contributed by atoms with Crippen LogP contribution < -0.4 is 4.31 Å². The van der Waals surface area contributed by atoms with E-state index in [2.05, 4.69) is 12.1 Å². The Hall–Kier alpha value is -3.64. The van der Waals surface area contributed by atoms with Gasteiger partial charge in [0.15, 0.2) is 0 Å². The molecule has 0 aromatic heterocycles. The monoisotopic (exact) mass is 498 g/mol. The Morgan fingerprint density at radius 2 is 1.50 bits per heavy atom. The lowest BCUT2D eigenvalue weighted by Gasteiger charge is -2.30. The van der Waals surface area contributed by atoms with E-state index in [1.165, 1.54) is 9.87 Å². The Labute approximate surface area is 213 Å². The Bertz CT molecular complexity index is 1520. The fourth-order valence-electron chi connectivity index (χ4n) is 5.00. The van der Waals surface area contributed by atoms with Gasteiger partial charge in [0.1, 0.15) is 0 Å². The van der Waals surface area contributed by atoms with Crippen LogP contribution in [-0.2, 0) is 27.8 Å². The zero-order chi connectivity index (χ0) is 25.3. The Morgan fingerprint density at radius 3 is 2.25 bits per heavy atom. The van der Waals surface area contributed by atoms with Crippen LogP contribution in [0.15, 0.2) is 89.8 Å². The van der Waals surface area contributed by atoms with Crippen LogP contribution in [0.4, 0.5) is 5.69 Å². The first-order valence-corrected chi connectivity index (χ1v) is 13.7. The number of benzene rings is 4. The highest BCUT2D eigenvalue weighted by atomic mass is 32.2. The molecule has 0 N–H and O–H groups in total. The molecule has 0 saturated carbocycles. The predicted molar refractivity (Wildman–Crippen MR) is 145 cm³/mol. The Balaban J connectivity index is 1.44. The number of rotatable bonds is 6. The topological polar surface area (TPSA) is 57.7 Å². The molecule has 4 aromatic carbocycles. The van der Waals surface area contributed by atoms with Crippen LogP contribution in [0.25, 0.3) is 10.8 Å². The maximum atomic E-state index is 14.0. The van der Waals surface area contributed by atoms with Crippen molar-refractivity contribution >= 4 is 32.4 Å². The first kappa shape index (κ1) is 24.1. The van der Waals surface area contributed by atoms with Gasteiger partial charge in [-0.1, -0.05) is 60.7 Å². The van der Waals surface area contributed by atoms with Gasteiger partial charge < -0.3 is 4.90 Å². The summed E-state index contributed by atoms with van der Waals surface area (Å²) >= 11 is 0. The average Bonchev–Trinajstić information content (AvgIpc) is 2.87. The van der Waals surface area contributed by atoms with Crippen LogP contribution >= 0.6 is 0 Å². The van der Waals surface area contributed by atoms with Gasteiger partial charge in [-0.25, -0.2) is 8.42 Å². The van der Waals surface area contributed by atoms with E-state index in [9.17, 15) is 13.2 Å².